The maximum atomic E-state index is 13.0. The van der Waals surface area contributed by atoms with Gasteiger partial charge in [0.2, 0.25) is 0 Å². The zero-order valence-electron chi connectivity index (χ0n) is 16.6. The average molecular weight is 393 g/mol. The van der Waals surface area contributed by atoms with E-state index in [1.54, 1.807) is 0 Å². The number of aromatic nitrogens is 1. The number of hydrogen-bond donors (Lipinski definition) is 2. The molecule has 3 aromatic rings. The second-order valence-electron chi connectivity index (χ2n) is 7.77. The Hall–Kier alpha value is -3.15. The van der Waals surface area contributed by atoms with Crippen molar-refractivity contribution in [2.24, 2.45) is 0 Å². The summed E-state index contributed by atoms with van der Waals surface area (Å²) in [5.41, 5.74) is 4.33. The highest BCUT2D eigenvalue weighted by Gasteiger charge is 2.26. The molecule has 0 atom stereocenters. The van der Waals surface area contributed by atoms with Crippen molar-refractivity contribution in [2.45, 2.75) is 32.7 Å². The molecular weight excluding hydrogens is 369 g/mol. The number of carbonyl (C=O) groups is 2. The molecule has 1 fully saturated rings. The maximum absolute atomic E-state index is 13.0. The fraction of sp³-hybridized carbons (Fsp3) is 0.304. The number of benzene rings is 2. The van der Waals surface area contributed by atoms with Crippen LogP contribution in [0.3, 0.4) is 0 Å². The van der Waals surface area contributed by atoms with Crippen LogP contribution in [-0.2, 0) is 0 Å². The zero-order valence-corrected chi connectivity index (χ0v) is 16.6. The van der Waals surface area contributed by atoms with Gasteiger partial charge in [-0.3, -0.25) is 9.59 Å². The monoisotopic (exact) mass is 393 g/mol. The standard InChI is InChI=1S/C23H24FN3O2/c1-14-11-15(2)19-13-21(26-20(19)12-14)23(29)27-9-7-18(8-10-27)25-22(28)16-3-5-17(24)6-4-16/h3-6,11-13,18,26H,7-10H2,1-2H3,(H,25,28). The number of likely N-dealkylation sites (tertiary alicyclic amines) is 1. The van der Waals surface area contributed by atoms with Gasteiger partial charge in [-0.15, -0.1) is 0 Å². The van der Waals surface area contributed by atoms with Crippen LogP contribution in [0.25, 0.3) is 10.9 Å². The molecule has 29 heavy (non-hydrogen) atoms. The largest absolute Gasteiger partial charge is 0.351 e. The fourth-order valence-electron chi connectivity index (χ4n) is 3.98. The van der Waals surface area contributed by atoms with Crippen LogP contribution >= 0.6 is 0 Å². The number of halogens is 1. The van der Waals surface area contributed by atoms with Crippen molar-refractivity contribution >= 4 is 22.7 Å². The van der Waals surface area contributed by atoms with Gasteiger partial charge in [-0.05, 0) is 74.2 Å². The molecule has 0 radical (unpaired) electrons. The number of H-pyrrole nitrogens is 1. The number of nitrogens with zero attached hydrogens (tertiary/aromatic N) is 1. The van der Waals surface area contributed by atoms with Crippen LogP contribution in [0.15, 0.2) is 42.5 Å². The van der Waals surface area contributed by atoms with Crippen molar-refractivity contribution in [1.82, 2.24) is 15.2 Å². The highest BCUT2D eigenvalue weighted by molar-refractivity contribution is 5.99. The molecule has 0 bridgehead atoms. The predicted molar refractivity (Wildman–Crippen MR) is 111 cm³/mol. The lowest BCUT2D eigenvalue weighted by molar-refractivity contribution is 0.0693. The van der Waals surface area contributed by atoms with Gasteiger partial charge in [0.05, 0.1) is 0 Å². The molecule has 2 heterocycles. The number of aromatic amines is 1. The molecule has 0 aliphatic carbocycles. The first-order valence-electron chi connectivity index (χ1n) is 9.86. The smallest absolute Gasteiger partial charge is 0.270 e. The molecule has 0 unspecified atom stereocenters. The summed E-state index contributed by atoms with van der Waals surface area (Å²) < 4.78 is 13.0. The molecule has 2 amide bonds. The van der Waals surface area contributed by atoms with E-state index in [9.17, 15) is 14.0 Å². The summed E-state index contributed by atoms with van der Waals surface area (Å²) in [7, 11) is 0. The number of carbonyl (C=O) groups excluding carboxylic acids is 2. The molecule has 0 saturated carbocycles. The van der Waals surface area contributed by atoms with Crippen molar-refractivity contribution in [2.75, 3.05) is 13.1 Å². The molecule has 150 valence electrons. The van der Waals surface area contributed by atoms with E-state index < -0.39 is 0 Å². The Morgan fingerprint density at radius 3 is 2.45 bits per heavy atom. The van der Waals surface area contributed by atoms with Crippen molar-refractivity contribution in [3.63, 3.8) is 0 Å². The lowest BCUT2D eigenvalue weighted by atomic mass is 10.0. The maximum Gasteiger partial charge on any atom is 0.270 e. The average Bonchev–Trinajstić information content (AvgIpc) is 3.13. The predicted octanol–water partition coefficient (Wildman–Crippen LogP) is 3.96. The second kappa shape index (κ2) is 7.70. The van der Waals surface area contributed by atoms with Gasteiger partial charge in [0.25, 0.3) is 11.8 Å². The molecule has 1 aliphatic heterocycles. The lowest BCUT2D eigenvalue weighted by Gasteiger charge is -2.32. The fourth-order valence-corrected chi connectivity index (χ4v) is 3.98. The Kier molecular flexibility index (Phi) is 5.09. The van der Waals surface area contributed by atoms with E-state index in [-0.39, 0.29) is 23.7 Å². The number of fused-ring (bicyclic) bond motifs is 1. The Labute approximate surface area is 168 Å². The molecule has 0 spiro atoms. The third-order valence-corrected chi connectivity index (χ3v) is 5.54. The van der Waals surface area contributed by atoms with Crippen LogP contribution in [0.1, 0.15) is 44.8 Å². The number of aryl methyl sites for hydroxylation is 2. The first kappa shape index (κ1) is 19.2. The van der Waals surface area contributed by atoms with Gasteiger partial charge < -0.3 is 15.2 Å². The van der Waals surface area contributed by atoms with Gasteiger partial charge in [-0.1, -0.05) is 6.07 Å². The van der Waals surface area contributed by atoms with Crippen LogP contribution < -0.4 is 5.32 Å². The van der Waals surface area contributed by atoms with Gasteiger partial charge in [0.15, 0.2) is 0 Å². The van der Waals surface area contributed by atoms with E-state index in [1.165, 1.54) is 24.3 Å². The van der Waals surface area contributed by atoms with E-state index in [0.29, 0.717) is 37.2 Å². The molecule has 2 aromatic carbocycles. The van der Waals surface area contributed by atoms with E-state index >= 15 is 0 Å². The Morgan fingerprint density at radius 2 is 1.76 bits per heavy atom. The van der Waals surface area contributed by atoms with Gasteiger partial charge in [0, 0.05) is 35.6 Å². The number of rotatable bonds is 3. The molecule has 1 aromatic heterocycles. The first-order valence-corrected chi connectivity index (χ1v) is 9.86. The first-order chi connectivity index (χ1) is 13.9. The Balaban J connectivity index is 1.38. The Morgan fingerprint density at radius 1 is 1.07 bits per heavy atom. The van der Waals surface area contributed by atoms with Crippen LogP contribution in [-0.4, -0.2) is 40.8 Å². The SMILES string of the molecule is Cc1cc(C)c2cc(C(=O)N3CCC(NC(=O)c4ccc(F)cc4)CC3)[nH]c2c1. The summed E-state index contributed by atoms with van der Waals surface area (Å²) >= 11 is 0. The molecule has 1 saturated heterocycles. The van der Waals surface area contributed by atoms with Crippen molar-refractivity contribution in [1.29, 1.82) is 0 Å². The van der Waals surface area contributed by atoms with Gasteiger partial charge in [0.1, 0.15) is 11.5 Å². The van der Waals surface area contributed by atoms with Crippen molar-refractivity contribution in [3.8, 4) is 0 Å². The molecule has 2 N–H and O–H groups in total. The second-order valence-corrected chi connectivity index (χ2v) is 7.77. The summed E-state index contributed by atoms with van der Waals surface area (Å²) in [5.74, 6) is -0.589. The normalized spacial score (nSPS) is 14.9. The third kappa shape index (κ3) is 4.01. The molecular formula is C23H24FN3O2. The van der Waals surface area contributed by atoms with E-state index in [4.69, 9.17) is 0 Å². The number of amides is 2. The minimum Gasteiger partial charge on any atom is -0.351 e. The molecule has 4 rings (SSSR count). The Bertz CT molecular complexity index is 1060. The summed E-state index contributed by atoms with van der Waals surface area (Å²) in [5, 5.41) is 4.05. The van der Waals surface area contributed by atoms with E-state index in [2.05, 4.69) is 22.4 Å². The summed E-state index contributed by atoms with van der Waals surface area (Å²) in [4.78, 5) is 30.3. The van der Waals surface area contributed by atoms with Crippen molar-refractivity contribution in [3.05, 3.63) is 70.7 Å². The van der Waals surface area contributed by atoms with Crippen LogP contribution in [0, 0.1) is 19.7 Å². The lowest BCUT2D eigenvalue weighted by Crippen LogP contribution is -2.46. The van der Waals surface area contributed by atoms with Crippen LogP contribution in [0.5, 0.6) is 0 Å². The van der Waals surface area contributed by atoms with Crippen molar-refractivity contribution < 1.29 is 14.0 Å². The van der Waals surface area contributed by atoms with Crippen LogP contribution in [0.2, 0.25) is 0 Å². The van der Waals surface area contributed by atoms with Gasteiger partial charge in [-0.25, -0.2) is 4.39 Å². The summed E-state index contributed by atoms with van der Waals surface area (Å²) in [6.45, 7) is 5.26. The molecule has 1 aliphatic rings. The highest BCUT2D eigenvalue weighted by Crippen LogP contribution is 2.23. The number of piperidine rings is 1. The molecule has 5 nitrogen and oxygen atoms in total. The minimum absolute atomic E-state index is 0.00390. The summed E-state index contributed by atoms with van der Waals surface area (Å²) in [6, 6.07) is 11.6. The number of hydrogen-bond acceptors (Lipinski definition) is 2. The minimum atomic E-state index is -0.365. The highest BCUT2D eigenvalue weighted by atomic mass is 19.1. The quantitative estimate of drug-likeness (QED) is 0.707. The van der Waals surface area contributed by atoms with E-state index in [0.717, 1.165) is 22.0 Å². The number of nitrogens with one attached hydrogen (secondary N) is 2. The van der Waals surface area contributed by atoms with Gasteiger partial charge >= 0.3 is 0 Å². The third-order valence-electron chi connectivity index (χ3n) is 5.54. The zero-order chi connectivity index (χ0) is 20.5. The molecule has 6 heteroatoms. The van der Waals surface area contributed by atoms with E-state index in [1.807, 2.05) is 24.8 Å². The topological polar surface area (TPSA) is 65.2 Å². The van der Waals surface area contributed by atoms with Crippen LogP contribution in [0.4, 0.5) is 4.39 Å². The van der Waals surface area contributed by atoms with Gasteiger partial charge in [-0.2, -0.15) is 0 Å². The summed E-state index contributed by atoms with van der Waals surface area (Å²) in [6.07, 6.45) is 1.38.